The lowest BCUT2D eigenvalue weighted by Gasteiger charge is -2.05. The molecule has 0 radical (unpaired) electrons. The van der Waals surface area contributed by atoms with E-state index >= 15 is 0 Å². The summed E-state index contributed by atoms with van der Waals surface area (Å²) in [7, 11) is 0. The Balaban J connectivity index is 1.59. The molecular weight excluding hydrogens is 568 g/mol. The summed E-state index contributed by atoms with van der Waals surface area (Å²) in [5.74, 6) is -0.0810. The Hall–Kier alpha value is -3.80. The van der Waals surface area contributed by atoms with E-state index in [0.29, 0.717) is 12.8 Å². The van der Waals surface area contributed by atoms with Crippen LogP contribution in [0.5, 0.6) is 0 Å². The zero-order valence-corrected chi connectivity index (χ0v) is 28.5. The lowest BCUT2D eigenvalue weighted by molar-refractivity contribution is -0.122. The molecule has 2 aromatic rings. The van der Waals surface area contributed by atoms with Crippen molar-refractivity contribution in [2.75, 3.05) is 0 Å². The molecule has 2 amide bonds. The molecule has 0 atom stereocenters. The third-order valence-corrected chi connectivity index (χ3v) is 7.84. The van der Waals surface area contributed by atoms with E-state index in [-0.39, 0.29) is 11.8 Å². The average molecular weight is 627 g/mol. The molecular formula is C40H58N4O2. The predicted molar refractivity (Wildman–Crippen MR) is 197 cm³/mol. The van der Waals surface area contributed by atoms with Crippen LogP contribution in [0.3, 0.4) is 0 Å². The topological polar surface area (TPSA) is 82.9 Å². The van der Waals surface area contributed by atoms with Crippen molar-refractivity contribution in [1.82, 2.24) is 10.9 Å². The lowest BCUT2D eigenvalue weighted by atomic mass is 10.0. The van der Waals surface area contributed by atoms with Gasteiger partial charge in [-0.05, 0) is 60.8 Å². The number of allylic oxidation sites excluding steroid dienone is 2. The Bertz CT molecular complexity index is 1110. The minimum absolute atomic E-state index is 0.0405. The average Bonchev–Trinajstić information content (AvgIpc) is 3.07. The third-order valence-electron chi connectivity index (χ3n) is 7.84. The second kappa shape index (κ2) is 26.4. The number of amides is 2. The molecule has 2 aromatic carbocycles. The van der Waals surface area contributed by atoms with Crippen LogP contribution in [-0.2, 0) is 9.59 Å². The van der Waals surface area contributed by atoms with Crippen LogP contribution in [0.2, 0.25) is 0 Å². The molecule has 0 aliphatic rings. The van der Waals surface area contributed by atoms with Crippen molar-refractivity contribution < 1.29 is 9.59 Å². The number of nitrogens with zero attached hydrogens (tertiary/aromatic N) is 2. The first-order valence-electron chi connectivity index (χ1n) is 17.8. The first-order chi connectivity index (χ1) is 22.6. The Kier molecular flexibility index (Phi) is 22.0. The monoisotopic (exact) mass is 626 g/mol. The molecule has 6 heteroatoms. The summed E-state index contributed by atoms with van der Waals surface area (Å²) in [4.78, 5) is 24.6. The fourth-order valence-corrected chi connectivity index (χ4v) is 5.15. The number of hydrogen-bond donors (Lipinski definition) is 2. The highest BCUT2D eigenvalue weighted by atomic mass is 16.2. The van der Waals surface area contributed by atoms with Crippen LogP contribution in [0.4, 0.5) is 0 Å². The Morgan fingerprint density at radius 2 is 0.848 bits per heavy atom. The van der Waals surface area contributed by atoms with Crippen molar-refractivity contribution in [2.24, 2.45) is 10.2 Å². The Labute approximate surface area is 278 Å². The molecule has 0 spiro atoms. The minimum Gasteiger partial charge on any atom is -0.273 e. The number of unbranched alkanes of at least 4 members (excludes halogenated alkanes) is 11. The van der Waals surface area contributed by atoms with E-state index in [1.165, 1.54) is 38.5 Å². The largest absolute Gasteiger partial charge is 0.273 e. The maximum Gasteiger partial charge on any atom is 0.240 e. The van der Waals surface area contributed by atoms with Crippen LogP contribution in [0.25, 0.3) is 12.2 Å². The van der Waals surface area contributed by atoms with Crippen LogP contribution in [0.1, 0.15) is 141 Å². The highest BCUT2D eigenvalue weighted by Gasteiger charge is 2.03. The molecule has 6 nitrogen and oxygen atoms in total. The second-order valence-corrected chi connectivity index (χ2v) is 12.1. The SMILES string of the molecule is CCCCCCC(/C=N\NC(=O)CCCCCCCCC(=O)N/N=C/C(=C\c1ccccc1)CCCCCC)=C/c1ccccc1. The number of hydrogen-bond acceptors (Lipinski definition) is 4. The van der Waals surface area contributed by atoms with Crippen LogP contribution >= 0.6 is 0 Å². The van der Waals surface area contributed by atoms with E-state index in [4.69, 9.17) is 0 Å². The maximum absolute atomic E-state index is 12.3. The number of carbonyl (C=O) groups excluding carboxylic acids is 2. The van der Waals surface area contributed by atoms with Gasteiger partial charge in [0.15, 0.2) is 0 Å². The molecule has 0 saturated carbocycles. The first-order valence-corrected chi connectivity index (χ1v) is 17.8. The molecule has 0 fully saturated rings. The van der Waals surface area contributed by atoms with Gasteiger partial charge in [-0.15, -0.1) is 0 Å². The number of hydrazone groups is 2. The van der Waals surface area contributed by atoms with Gasteiger partial charge in [-0.2, -0.15) is 10.2 Å². The van der Waals surface area contributed by atoms with E-state index < -0.39 is 0 Å². The van der Waals surface area contributed by atoms with Crippen molar-refractivity contribution in [3.63, 3.8) is 0 Å². The molecule has 250 valence electrons. The number of rotatable bonds is 25. The van der Waals surface area contributed by atoms with Gasteiger partial charge < -0.3 is 0 Å². The highest BCUT2D eigenvalue weighted by molar-refractivity contribution is 5.87. The van der Waals surface area contributed by atoms with Gasteiger partial charge in [-0.3, -0.25) is 9.59 Å². The van der Waals surface area contributed by atoms with Gasteiger partial charge >= 0.3 is 0 Å². The third kappa shape index (κ3) is 20.3. The minimum atomic E-state index is -0.0405. The Morgan fingerprint density at radius 3 is 1.24 bits per heavy atom. The van der Waals surface area contributed by atoms with Crippen molar-refractivity contribution in [1.29, 1.82) is 0 Å². The summed E-state index contributed by atoms with van der Waals surface area (Å²) in [6, 6.07) is 20.5. The molecule has 2 N–H and O–H groups in total. The van der Waals surface area contributed by atoms with Gasteiger partial charge in [-0.1, -0.05) is 151 Å². The van der Waals surface area contributed by atoms with E-state index in [1.54, 1.807) is 12.4 Å². The normalized spacial score (nSPS) is 12.2. The maximum atomic E-state index is 12.3. The summed E-state index contributed by atoms with van der Waals surface area (Å²) in [6.07, 6.45) is 26.1. The van der Waals surface area contributed by atoms with E-state index in [2.05, 4.69) is 71.3 Å². The molecule has 0 unspecified atom stereocenters. The van der Waals surface area contributed by atoms with Crippen molar-refractivity contribution in [3.05, 3.63) is 82.9 Å². The second-order valence-electron chi connectivity index (χ2n) is 12.1. The Morgan fingerprint density at radius 1 is 0.500 bits per heavy atom. The molecule has 0 aliphatic heterocycles. The van der Waals surface area contributed by atoms with Gasteiger partial charge in [0, 0.05) is 12.8 Å². The van der Waals surface area contributed by atoms with Crippen molar-refractivity contribution in [3.8, 4) is 0 Å². The van der Waals surface area contributed by atoms with E-state index in [0.717, 1.165) is 86.5 Å². The van der Waals surface area contributed by atoms with Crippen molar-refractivity contribution in [2.45, 2.75) is 129 Å². The molecule has 0 bridgehead atoms. The lowest BCUT2D eigenvalue weighted by Crippen LogP contribution is -2.17. The first kappa shape index (κ1) is 38.4. The van der Waals surface area contributed by atoms with Crippen LogP contribution < -0.4 is 10.9 Å². The number of carbonyl (C=O) groups is 2. The molecule has 0 aromatic heterocycles. The van der Waals surface area contributed by atoms with Gasteiger partial charge in [0.2, 0.25) is 11.8 Å². The molecule has 0 aliphatic carbocycles. The van der Waals surface area contributed by atoms with Crippen molar-refractivity contribution >= 4 is 36.4 Å². The quantitative estimate of drug-likeness (QED) is 0.0653. The predicted octanol–water partition coefficient (Wildman–Crippen LogP) is 10.4. The molecule has 46 heavy (non-hydrogen) atoms. The standard InChI is InChI=1S/C40H58N4O2/c1-3-5-7-15-27-37(31-35-23-17-13-18-24-35)33-41-43-39(45)29-21-11-9-10-12-22-30-40(46)44-42-34-38(28-16-8-6-4-2)32-36-25-19-14-20-26-36/h13-14,17-20,23-26,31-34H,3-12,15-16,21-22,27-30H2,1-2H3,(H,43,45)(H,44,46)/b37-31-,38-32-,41-33-,42-34+. The summed E-state index contributed by atoms with van der Waals surface area (Å²) in [5, 5.41) is 8.50. The number of benzene rings is 2. The van der Waals surface area contributed by atoms with Gasteiger partial charge in [-0.25, -0.2) is 10.9 Å². The van der Waals surface area contributed by atoms with Gasteiger partial charge in [0.1, 0.15) is 0 Å². The molecule has 0 heterocycles. The summed E-state index contributed by atoms with van der Waals surface area (Å²) in [5.41, 5.74) is 9.96. The summed E-state index contributed by atoms with van der Waals surface area (Å²) < 4.78 is 0. The fraction of sp³-hybridized carbons (Fsp3) is 0.500. The zero-order chi connectivity index (χ0) is 32.9. The molecule has 2 rings (SSSR count). The zero-order valence-electron chi connectivity index (χ0n) is 28.5. The highest BCUT2D eigenvalue weighted by Crippen LogP contribution is 2.15. The summed E-state index contributed by atoms with van der Waals surface area (Å²) >= 11 is 0. The van der Waals surface area contributed by atoms with Crippen LogP contribution in [-0.4, -0.2) is 24.2 Å². The summed E-state index contributed by atoms with van der Waals surface area (Å²) in [6.45, 7) is 4.43. The van der Waals surface area contributed by atoms with E-state index in [1.807, 2.05) is 36.4 Å². The van der Waals surface area contributed by atoms with Crippen LogP contribution in [0, 0.1) is 0 Å². The number of nitrogens with one attached hydrogen (secondary N) is 2. The van der Waals surface area contributed by atoms with E-state index in [9.17, 15) is 9.59 Å². The molecule has 0 saturated heterocycles. The van der Waals surface area contributed by atoms with Crippen LogP contribution in [0.15, 0.2) is 82.0 Å². The van der Waals surface area contributed by atoms with Gasteiger partial charge in [0.05, 0.1) is 12.4 Å². The fourth-order valence-electron chi connectivity index (χ4n) is 5.15. The smallest absolute Gasteiger partial charge is 0.240 e. The van der Waals surface area contributed by atoms with Gasteiger partial charge in [0.25, 0.3) is 0 Å².